The molecule has 0 radical (unpaired) electrons. The van der Waals surface area contributed by atoms with Crippen LogP contribution in [0.2, 0.25) is 0 Å². The van der Waals surface area contributed by atoms with Crippen LogP contribution in [0.5, 0.6) is 0 Å². The molecule has 0 atom stereocenters. The Bertz CT molecular complexity index is 169. The molecule has 0 saturated heterocycles. The van der Waals surface area contributed by atoms with Gasteiger partial charge >= 0.3 is 0 Å². The summed E-state index contributed by atoms with van der Waals surface area (Å²) in [6.07, 6.45) is 4.10. The zero-order valence-corrected chi connectivity index (χ0v) is 5.63. The van der Waals surface area contributed by atoms with Crippen molar-refractivity contribution in [3.8, 4) is 0 Å². The van der Waals surface area contributed by atoms with Gasteiger partial charge in [0.15, 0.2) is 12.4 Å². The number of nitrogens with zero attached hydrogens (tertiary/aromatic N) is 1. The Morgan fingerprint density at radius 1 is 1.44 bits per heavy atom. The molecule has 0 spiro atoms. The summed E-state index contributed by atoms with van der Waals surface area (Å²) in [6.45, 7) is 2.08. The van der Waals surface area contributed by atoms with Gasteiger partial charge in [0.1, 0.15) is 7.05 Å². The van der Waals surface area contributed by atoms with Gasteiger partial charge in [-0.15, -0.1) is 0 Å². The fraction of sp³-hybridized carbons (Fsp3) is 0.286. The fourth-order valence-electron chi connectivity index (χ4n) is 0.738. The monoisotopic (exact) mass is 127 g/mol. The molecule has 1 rings (SSSR count). The summed E-state index contributed by atoms with van der Waals surface area (Å²) in [7, 11) is 2.02. The van der Waals surface area contributed by atoms with Crippen LogP contribution in [-0.2, 0) is 7.05 Å². The zero-order chi connectivity index (χ0) is 5.98. The molecule has 0 aliphatic heterocycles. The highest BCUT2D eigenvalue weighted by Crippen LogP contribution is 1.86. The lowest BCUT2D eigenvalue weighted by molar-refractivity contribution is -0.671. The molecule has 1 aromatic rings. The van der Waals surface area contributed by atoms with Gasteiger partial charge in [0.25, 0.3) is 0 Å². The fourth-order valence-corrected chi connectivity index (χ4v) is 0.738. The number of pyridine rings is 1. The van der Waals surface area contributed by atoms with Crippen LogP contribution in [0.1, 0.15) is 5.56 Å². The van der Waals surface area contributed by atoms with Crippen molar-refractivity contribution >= 4 is 0 Å². The number of aryl methyl sites for hydroxylation is 2. The summed E-state index contributed by atoms with van der Waals surface area (Å²) in [5, 5.41) is 0. The molecule has 0 bridgehead atoms. The van der Waals surface area contributed by atoms with Gasteiger partial charge in [-0.1, -0.05) is 0 Å². The quantitative estimate of drug-likeness (QED) is 0.349. The molecule has 0 fully saturated rings. The average molecular weight is 127 g/mol. The van der Waals surface area contributed by atoms with Crippen LogP contribution in [0.3, 0.4) is 0 Å². The molecule has 1 aromatic heterocycles. The summed E-state index contributed by atoms with van der Waals surface area (Å²) in [5.41, 5.74) is 1.30. The van der Waals surface area contributed by atoms with Gasteiger partial charge in [0, 0.05) is 11.6 Å². The van der Waals surface area contributed by atoms with E-state index < -0.39 is 0 Å². The highest BCUT2D eigenvalue weighted by Gasteiger charge is 1.87. The summed E-state index contributed by atoms with van der Waals surface area (Å²) in [6, 6.07) is 4.12. The Balaban J connectivity index is 0.000000640. The maximum Gasteiger partial charge on any atom is 0.171 e. The zero-order valence-electron chi connectivity index (χ0n) is 5.63. The average Bonchev–Trinajstić information content (AvgIpc) is 1.64. The number of halogens is 1. The van der Waals surface area contributed by atoms with Gasteiger partial charge in [-0.25, -0.2) is 4.57 Å². The number of rotatable bonds is 0. The van der Waals surface area contributed by atoms with Crippen LogP contribution in [0.15, 0.2) is 24.5 Å². The third-order valence-electron chi connectivity index (χ3n) is 1.09. The molecule has 1 nitrogen and oxygen atoms in total. The first-order chi connectivity index (χ1) is 3.79. The van der Waals surface area contributed by atoms with Crippen molar-refractivity contribution in [1.29, 1.82) is 0 Å². The van der Waals surface area contributed by atoms with Gasteiger partial charge in [-0.2, -0.15) is 0 Å². The van der Waals surface area contributed by atoms with Crippen molar-refractivity contribution in [3.63, 3.8) is 0 Å². The lowest BCUT2D eigenvalue weighted by Crippen LogP contribution is -3.00. The number of hydrogen-bond acceptors (Lipinski definition) is 0. The topological polar surface area (TPSA) is 3.88 Å². The van der Waals surface area contributed by atoms with Crippen molar-refractivity contribution in [2.45, 2.75) is 6.92 Å². The second-order valence-corrected chi connectivity index (χ2v) is 2.05. The van der Waals surface area contributed by atoms with E-state index in [1.165, 1.54) is 5.56 Å². The molecule has 0 N–H and O–H groups in total. The first kappa shape index (κ1) is 8.08. The lowest BCUT2D eigenvalue weighted by Gasteiger charge is -1.85. The molecule has 0 saturated carbocycles. The largest absolute Gasteiger partial charge is 1.00 e. The Kier molecular flexibility index (Phi) is 2.85. The van der Waals surface area contributed by atoms with E-state index in [2.05, 4.69) is 19.2 Å². The smallest absolute Gasteiger partial charge is 0.171 e. The minimum atomic E-state index is 0. The van der Waals surface area contributed by atoms with Crippen molar-refractivity contribution in [2.24, 2.45) is 7.05 Å². The summed E-state index contributed by atoms with van der Waals surface area (Å²) >= 11 is 0. The molecular weight excluding hydrogens is 117 g/mol. The minimum Gasteiger partial charge on any atom is -1.00 e. The molecule has 0 aliphatic carbocycles. The van der Waals surface area contributed by atoms with Crippen LogP contribution in [0.25, 0.3) is 0 Å². The van der Waals surface area contributed by atoms with Crippen molar-refractivity contribution in [2.75, 3.05) is 0 Å². The van der Waals surface area contributed by atoms with Crippen molar-refractivity contribution < 1.29 is 9.27 Å². The molecule has 0 amide bonds. The summed E-state index contributed by atoms with van der Waals surface area (Å²) < 4.78 is 2.04. The molecule has 50 valence electrons. The Hall–Kier alpha value is -0.920. The Morgan fingerprint density at radius 3 is 2.44 bits per heavy atom. The molecule has 0 aromatic carbocycles. The molecule has 0 aliphatic rings. The van der Waals surface area contributed by atoms with E-state index >= 15 is 0 Å². The van der Waals surface area contributed by atoms with E-state index in [0.717, 1.165) is 0 Å². The van der Waals surface area contributed by atoms with Gasteiger partial charge in [-0.3, -0.25) is 0 Å². The van der Waals surface area contributed by atoms with E-state index in [1.807, 2.05) is 23.9 Å². The second-order valence-electron chi connectivity index (χ2n) is 2.05. The SMILES string of the molecule is Cc1ccc[n+](C)c1.[F-]. The van der Waals surface area contributed by atoms with Gasteiger partial charge in [0.2, 0.25) is 0 Å². The minimum absolute atomic E-state index is 0. The predicted molar refractivity (Wildman–Crippen MR) is 32.4 cm³/mol. The molecule has 0 unspecified atom stereocenters. The van der Waals surface area contributed by atoms with Crippen LogP contribution in [0, 0.1) is 6.92 Å². The predicted octanol–water partition coefficient (Wildman–Crippen LogP) is -2.18. The summed E-state index contributed by atoms with van der Waals surface area (Å²) in [5.74, 6) is 0. The van der Waals surface area contributed by atoms with Gasteiger partial charge < -0.3 is 4.70 Å². The van der Waals surface area contributed by atoms with Crippen molar-refractivity contribution in [3.05, 3.63) is 30.1 Å². The number of aromatic nitrogens is 1. The third kappa shape index (κ3) is 2.22. The Labute approximate surface area is 54.3 Å². The second kappa shape index (κ2) is 3.17. The van der Waals surface area contributed by atoms with Crippen LogP contribution in [-0.4, -0.2) is 0 Å². The van der Waals surface area contributed by atoms with Gasteiger partial charge in [-0.05, 0) is 13.0 Å². The van der Waals surface area contributed by atoms with E-state index in [1.54, 1.807) is 0 Å². The first-order valence-electron chi connectivity index (χ1n) is 2.71. The van der Waals surface area contributed by atoms with Gasteiger partial charge in [0.05, 0.1) is 0 Å². The van der Waals surface area contributed by atoms with E-state index in [4.69, 9.17) is 0 Å². The van der Waals surface area contributed by atoms with Crippen LogP contribution >= 0.6 is 0 Å². The highest BCUT2D eigenvalue weighted by molar-refractivity contribution is 5.00. The number of hydrogen-bond donors (Lipinski definition) is 0. The third-order valence-corrected chi connectivity index (χ3v) is 1.09. The maximum absolute atomic E-state index is 2.08. The molecular formula is C7H10FN. The Morgan fingerprint density at radius 2 is 2.11 bits per heavy atom. The van der Waals surface area contributed by atoms with E-state index in [-0.39, 0.29) is 4.70 Å². The van der Waals surface area contributed by atoms with Crippen LogP contribution < -0.4 is 9.27 Å². The maximum atomic E-state index is 2.08. The molecule has 9 heavy (non-hydrogen) atoms. The normalized spacial score (nSPS) is 8.22. The van der Waals surface area contributed by atoms with Crippen molar-refractivity contribution in [1.82, 2.24) is 0 Å². The molecule has 1 heterocycles. The van der Waals surface area contributed by atoms with E-state index in [0.29, 0.717) is 0 Å². The van der Waals surface area contributed by atoms with Crippen LogP contribution in [0.4, 0.5) is 0 Å². The molecule has 2 heteroatoms. The van der Waals surface area contributed by atoms with E-state index in [9.17, 15) is 0 Å². The lowest BCUT2D eigenvalue weighted by atomic mass is 10.3. The summed E-state index contributed by atoms with van der Waals surface area (Å²) in [4.78, 5) is 0. The standard InChI is InChI=1S/C7H10N.FH/c1-7-4-3-5-8(2)6-7;/h3-6H,1-2H3;1H/q+1;/p-1. The first-order valence-corrected chi connectivity index (χ1v) is 2.71. The highest BCUT2D eigenvalue weighted by atomic mass is 19.0.